The predicted molar refractivity (Wildman–Crippen MR) is 60.7 cm³/mol. The molecule has 0 heterocycles. The lowest BCUT2D eigenvalue weighted by Crippen LogP contribution is -1.80. The van der Waals surface area contributed by atoms with Gasteiger partial charge in [-0.15, -0.1) is 0 Å². The fourth-order valence-corrected chi connectivity index (χ4v) is 1.24. The highest BCUT2D eigenvalue weighted by Gasteiger charge is 2.17. The fourth-order valence-electron chi connectivity index (χ4n) is 1.24. The summed E-state index contributed by atoms with van der Waals surface area (Å²) in [6, 6.07) is 8.36. The number of allylic oxidation sites excluding steroid dienone is 1. The van der Waals surface area contributed by atoms with Crippen molar-refractivity contribution in [1.82, 2.24) is 0 Å². The average Bonchev–Trinajstić information content (AvgIpc) is 2.99. The van der Waals surface area contributed by atoms with Gasteiger partial charge in [0.25, 0.3) is 0 Å². The standard InChI is InChI=1S/C14H14/c1-11-3-9-14(10-4-11)12(2)5-6-13-7-8-13/h3-4,9-10,13H,2,7-8H2,1H3. The first-order chi connectivity index (χ1) is 6.75. The third kappa shape index (κ3) is 2.26. The van der Waals surface area contributed by atoms with Crippen molar-refractivity contribution in [3.8, 4) is 11.8 Å². The molecule has 1 aliphatic rings. The second kappa shape index (κ2) is 3.72. The molecule has 0 atom stereocenters. The zero-order valence-electron chi connectivity index (χ0n) is 8.51. The second-order valence-electron chi connectivity index (χ2n) is 3.89. The van der Waals surface area contributed by atoms with Crippen LogP contribution in [0.2, 0.25) is 0 Å². The summed E-state index contributed by atoms with van der Waals surface area (Å²) in [5, 5.41) is 0. The molecule has 1 aromatic carbocycles. The Balaban J connectivity index is 2.11. The minimum absolute atomic E-state index is 0.650. The maximum Gasteiger partial charge on any atom is 0.0245 e. The Morgan fingerprint density at radius 2 is 1.93 bits per heavy atom. The average molecular weight is 182 g/mol. The lowest BCUT2D eigenvalue weighted by atomic mass is 10.1. The van der Waals surface area contributed by atoms with Gasteiger partial charge in [0.2, 0.25) is 0 Å². The molecular weight excluding hydrogens is 168 g/mol. The summed E-state index contributed by atoms with van der Waals surface area (Å²) >= 11 is 0. The van der Waals surface area contributed by atoms with Gasteiger partial charge in [-0.3, -0.25) is 0 Å². The summed E-state index contributed by atoms with van der Waals surface area (Å²) in [6.07, 6.45) is 2.54. The van der Waals surface area contributed by atoms with Gasteiger partial charge in [0.15, 0.2) is 0 Å². The second-order valence-corrected chi connectivity index (χ2v) is 3.89. The number of aryl methyl sites for hydroxylation is 1. The zero-order valence-corrected chi connectivity index (χ0v) is 8.51. The van der Waals surface area contributed by atoms with Crippen molar-refractivity contribution >= 4 is 5.57 Å². The highest BCUT2D eigenvalue weighted by atomic mass is 14.2. The summed E-state index contributed by atoms with van der Waals surface area (Å²) in [5.74, 6) is 7.01. The van der Waals surface area contributed by atoms with Gasteiger partial charge in [-0.1, -0.05) is 48.2 Å². The Hall–Kier alpha value is -1.48. The van der Waals surface area contributed by atoms with E-state index in [0.29, 0.717) is 5.92 Å². The molecule has 0 bridgehead atoms. The predicted octanol–water partition coefficient (Wildman–Crippen LogP) is 3.42. The van der Waals surface area contributed by atoms with E-state index < -0.39 is 0 Å². The first-order valence-electron chi connectivity index (χ1n) is 5.03. The SMILES string of the molecule is C=C(C#CC1CC1)c1ccc(C)cc1. The molecule has 1 fully saturated rings. The molecule has 1 saturated carbocycles. The molecule has 70 valence electrons. The molecule has 0 radical (unpaired) electrons. The van der Waals surface area contributed by atoms with Gasteiger partial charge in [-0.05, 0) is 25.3 Å². The summed E-state index contributed by atoms with van der Waals surface area (Å²) in [6.45, 7) is 6.07. The first kappa shape index (κ1) is 9.09. The van der Waals surface area contributed by atoms with Crippen LogP contribution in [0.15, 0.2) is 30.8 Å². The monoisotopic (exact) mass is 182 g/mol. The largest absolute Gasteiger partial charge is 0.0945 e. The van der Waals surface area contributed by atoms with Crippen LogP contribution in [0.5, 0.6) is 0 Å². The van der Waals surface area contributed by atoms with Crippen LogP contribution in [0.1, 0.15) is 24.0 Å². The number of rotatable bonds is 1. The van der Waals surface area contributed by atoms with Gasteiger partial charge < -0.3 is 0 Å². The van der Waals surface area contributed by atoms with Crippen LogP contribution >= 0.6 is 0 Å². The van der Waals surface area contributed by atoms with Crippen molar-refractivity contribution in [2.45, 2.75) is 19.8 Å². The van der Waals surface area contributed by atoms with E-state index in [4.69, 9.17) is 0 Å². The molecule has 1 aliphatic carbocycles. The van der Waals surface area contributed by atoms with Crippen LogP contribution in [0.25, 0.3) is 5.57 Å². The molecule has 0 N–H and O–H groups in total. The van der Waals surface area contributed by atoms with Gasteiger partial charge in [0.1, 0.15) is 0 Å². The third-order valence-corrected chi connectivity index (χ3v) is 2.40. The molecule has 14 heavy (non-hydrogen) atoms. The summed E-state index contributed by atoms with van der Waals surface area (Å²) in [7, 11) is 0. The Morgan fingerprint density at radius 3 is 2.50 bits per heavy atom. The normalized spacial score (nSPS) is 14.4. The van der Waals surface area contributed by atoms with Crippen LogP contribution < -0.4 is 0 Å². The minimum atomic E-state index is 0.650. The van der Waals surface area contributed by atoms with Gasteiger partial charge in [0.05, 0.1) is 0 Å². The summed E-state index contributed by atoms with van der Waals surface area (Å²) in [4.78, 5) is 0. The first-order valence-corrected chi connectivity index (χ1v) is 5.03. The van der Waals surface area contributed by atoms with Crippen molar-refractivity contribution in [3.63, 3.8) is 0 Å². The lowest BCUT2D eigenvalue weighted by molar-refractivity contribution is 1.18. The maximum absolute atomic E-state index is 3.98. The highest BCUT2D eigenvalue weighted by Crippen LogP contribution is 2.27. The molecule has 1 aromatic rings. The Morgan fingerprint density at radius 1 is 1.29 bits per heavy atom. The van der Waals surface area contributed by atoms with Crippen molar-refractivity contribution in [1.29, 1.82) is 0 Å². The van der Waals surface area contributed by atoms with E-state index in [1.807, 2.05) is 0 Å². The Kier molecular flexibility index (Phi) is 2.41. The number of hydrogen-bond donors (Lipinski definition) is 0. The van der Waals surface area contributed by atoms with Gasteiger partial charge in [0, 0.05) is 11.5 Å². The van der Waals surface area contributed by atoms with E-state index in [0.717, 1.165) is 11.1 Å². The van der Waals surface area contributed by atoms with Crippen molar-refractivity contribution in [3.05, 3.63) is 42.0 Å². The molecule has 0 spiro atoms. The van der Waals surface area contributed by atoms with Gasteiger partial charge >= 0.3 is 0 Å². The Labute approximate surface area is 85.7 Å². The highest BCUT2D eigenvalue weighted by molar-refractivity contribution is 5.77. The molecule has 0 saturated heterocycles. The summed E-state index contributed by atoms with van der Waals surface area (Å²) < 4.78 is 0. The zero-order chi connectivity index (χ0) is 9.97. The van der Waals surface area contributed by atoms with Gasteiger partial charge in [-0.25, -0.2) is 0 Å². The van der Waals surface area contributed by atoms with Crippen LogP contribution in [0, 0.1) is 24.7 Å². The van der Waals surface area contributed by atoms with Crippen LogP contribution in [-0.4, -0.2) is 0 Å². The smallest absolute Gasteiger partial charge is 0.0245 e. The Bertz CT molecular complexity index is 394. The van der Waals surface area contributed by atoms with E-state index in [-0.39, 0.29) is 0 Å². The van der Waals surface area contributed by atoms with Crippen molar-refractivity contribution < 1.29 is 0 Å². The third-order valence-electron chi connectivity index (χ3n) is 2.40. The van der Waals surface area contributed by atoms with E-state index in [9.17, 15) is 0 Å². The fraction of sp³-hybridized carbons (Fsp3) is 0.286. The minimum Gasteiger partial charge on any atom is -0.0945 e. The molecule has 0 unspecified atom stereocenters. The van der Waals surface area contributed by atoms with E-state index >= 15 is 0 Å². The van der Waals surface area contributed by atoms with E-state index in [1.54, 1.807) is 0 Å². The topological polar surface area (TPSA) is 0 Å². The lowest BCUT2D eigenvalue weighted by Gasteiger charge is -1.98. The van der Waals surface area contributed by atoms with Crippen LogP contribution in [0.3, 0.4) is 0 Å². The van der Waals surface area contributed by atoms with Crippen molar-refractivity contribution in [2.24, 2.45) is 5.92 Å². The number of benzene rings is 1. The molecular formula is C14H14. The maximum atomic E-state index is 3.98. The van der Waals surface area contributed by atoms with Gasteiger partial charge in [-0.2, -0.15) is 0 Å². The molecule has 0 aromatic heterocycles. The van der Waals surface area contributed by atoms with Crippen molar-refractivity contribution in [2.75, 3.05) is 0 Å². The quantitative estimate of drug-likeness (QED) is 0.584. The molecule has 2 rings (SSSR count). The molecule has 0 amide bonds. The van der Waals surface area contributed by atoms with E-state index in [2.05, 4.69) is 49.6 Å². The van der Waals surface area contributed by atoms with Crippen LogP contribution in [-0.2, 0) is 0 Å². The molecule has 0 nitrogen and oxygen atoms in total. The summed E-state index contributed by atoms with van der Waals surface area (Å²) in [5.41, 5.74) is 3.36. The van der Waals surface area contributed by atoms with E-state index in [1.165, 1.54) is 18.4 Å². The number of hydrogen-bond acceptors (Lipinski definition) is 0. The van der Waals surface area contributed by atoms with Crippen LogP contribution in [0.4, 0.5) is 0 Å². The molecule has 0 aliphatic heterocycles. The molecule has 0 heteroatoms.